The lowest BCUT2D eigenvalue weighted by atomic mass is 10.2. The number of nitrogens with one attached hydrogen (secondary N) is 1. The van der Waals surface area contributed by atoms with Crippen molar-refractivity contribution in [3.05, 3.63) is 28.3 Å². The van der Waals surface area contributed by atoms with Crippen molar-refractivity contribution in [3.63, 3.8) is 0 Å². The molecule has 1 aromatic heterocycles. The van der Waals surface area contributed by atoms with Crippen LogP contribution in [-0.4, -0.2) is 15.9 Å². The maximum atomic E-state index is 10.7. The van der Waals surface area contributed by atoms with E-state index in [-0.39, 0.29) is 17.7 Å². The molecule has 0 radical (unpaired) electrons. The maximum absolute atomic E-state index is 10.7. The average molecular weight is 259 g/mol. The summed E-state index contributed by atoms with van der Waals surface area (Å²) in [6.45, 7) is 2.03. The van der Waals surface area contributed by atoms with Crippen molar-refractivity contribution in [2.24, 2.45) is 0 Å². The van der Waals surface area contributed by atoms with E-state index >= 15 is 0 Å². The van der Waals surface area contributed by atoms with E-state index in [0.717, 1.165) is 12.8 Å². The lowest BCUT2D eigenvalue weighted by Gasteiger charge is -2.08. The van der Waals surface area contributed by atoms with Crippen molar-refractivity contribution in [1.29, 1.82) is 0 Å². The van der Waals surface area contributed by atoms with E-state index in [1.807, 2.05) is 6.92 Å². The van der Waals surface area contributed by atoms with Crippen LogP contribution in [0.5, 0.6) is 0 Å². The van der Waals surface area contributed by atoms with Gasteiger partial charge in [0.2, 0.25) is 0 Å². The largest absolute Gasteiger partial charge is 0.423 e. The van der Waals surface area contributed by atoms with E-state index < -0.39 is 4.92 Å². The van der Waals surface area contributed by atoms with Gasteiger partial charge in [0.15, 0.2) is 5.58 Å². The van der Waals surface area contributed by atoms with Gasteiger partial charge in [0.1, 0.15) is 5.52 Å². The van der Waals surface area contributed by atoms with Gasteiger partial charge in [0.25, 0.3) is 11.7 Å². The first-order valence-corrected chi connectivity index (χ1v) is 5.91. The molecule has 0 saturated heterocycles. The maximum Gasteiger partial charge on any atom is 0.296 e. The summed E-state index contributed by atoms with van der Waals surface area (Å²) in [5.41, 5.74) is 0.890. The Morgan fingerprint density at radius 2 is 2.42 bits per heavy atom. The second-order valence-corrected chi connectivity index (χ2v) is 4.08. The van der Waals surface area contributed by atoms with Crippen molar-refractivity contribution in [3.8, 4) is 12.3 Å². The Labute approximate surface area is 110 Å². The van der Waals surface area contributed by atoms with Crippen LogP contribution >= 0.6 is 0 Å². The standard InChI is InChI=1S/C13H13N3O3/c1-3-5-9(4-2)14-13-15-11-7-6-10(16(17)18)8-12(11)19-13/h2,6-9H,3,5H2,1H3,(H,14,15). The fourth-order valence-corrected chi connectivity index (χ4v) is 1.72. The monoisotopic (exact) mass is 259 g/mol. The van der Waals surface area contributed by atoms with Gasteiger partial charge in [-0.1, -0.05) is 19.3 Å². The van der Waals surface area contributed by atoms with E-state index in [4.69, 9.17) is 10.8 Å². The number of rotatable bonds is 5. The van der Waals surface area contributed by atoms with E-state index in [0.29, 0.717) is 11.1 Å². The molecule has 0 spiro atoms. The molecule has 1 heterocycles. The third-order valence-electron chi connectivity index (χ3n) is 2.66. The highest BCUT2D eigenvalue weighted by Crippen LogP contribution is 2.24. The second-order valence-electron chi connectivity index (χ2n) is 4.08. The van der Waals surface area contributed by atoms with Gasteiger partial charge in [0.05, 0.1) is 17.0 Å². The predicted molar refractivity (Wildman–Crippen MR) is 71.8 cm³/mol. The molecule has 6 nitrogen and oxygen atoms in total. The fraction of sp³-hybridized carbons (Fsp3) is 0.308. The lowest BCUT2D eigenvalue weighted by molar-refractivity contribution is -0.384. The molecule has 6 heteroatoms. The van der Waals surface area contributed by atoms with Crippen molar-refractivity contribution in [1.82, 2.24) is 4.98 Å². The van der Waals surface area contributed by atoms with Crippen LogP contribution in [0, 0.1) is 22.5 Å². The molecule has 0 saturated carbocycles. The molecule has 1 aromatic carbocycles. The number of non-ortho nitro benzene ring substituents is 1. The van der Waals surface area contributed by atoms with E-state index in [1.54, 1.807) is 6.07 Å². The number of nitrogens with zero attached hydrogens (tertiary/aromatic N) is 2. The topological polar surface area (TPSA) is 81.2 Å². The van der Waals surface area contributed by atoms with Crippen LogP contribution in [0.2, 0.25) is 0 Å². The number of aromatic nitrogens is 1. The number of hydrogen-bond acceptors (Lipinski definition) is 5. The normalized spacial score (nSPS) is 12.0. The number of anilines is 1. The summed E-state index contributed by atoms with van der Waals surface area (Å²) in [6, 6.07) is 4.41. The molecule has 0 bridgehead atoms. The molecular weight excluding hydrogens is 246 g/mol. The van der Waals surface area contributed by atoms with Crippen molar-refractivity contribution >= 4 is 22.8 Å². The average Bonchev–Trinajstić information content (AvgIpc) is 2.79. The molecule has 0 aliphatic rings. The summed E-state index contributed by atoms with van der Waals surface area (Å²) in [6.07, 6.45) is 7.13. The zero-order chi connectivity index (χ0) is 13.8. The third-order valence-corrected chi connectivity index (χ3v) is 2.66. The molecule has 19 heavy (non-hydrogen) atoms. The number of benzene rings is 1. The first-order valence-electron chi connectivity index (χ1n) is 5.91. The number of terminal acetylenes is 1. The molecule has 0 aliphatic carbocycles. The van der Waals surface area contributed by atoms with Gasteiger partial charge >= 0.3 is 0 Å². The molecule has 1 N–H and O–H groups in total. The van der Waals surface area contributed by atoms with Crippen molar-refractivity contribution in [2.75, 3.05) is 5.32 Å². The minimum absolute atomic E-state index is 0.0303. The Hall–Kier alpha value is -2.55. The van der Waals surface area contributed by atoms with E-state index in [2.05, 4.69) is 16.2 Å². The summed E-state index contributed by atoms with van der Waals surface area (Å²) < 4.78 is 5.42. The van der Waals surface area contributed by atoms with Gasteiger partial charge in [-0.2, -0.15) is 4.98 Å². The summed E-state index contributed by atoms with van der Waals surface area (Å²) in [5, 5.41) is 13.6. The smallest absolute Gasteiger partial charge is 0.296 e. The van der Waals surface area contributed by atoms with Crippen LogP contribution < -0.4 is 5.32 Å². The van der Waals surface area contributed by atoms with Crippen LogP contribution in [0.3, 0.4) is 0 Å². The summed E-state index contributed by atoms with van der Waals surface area (Å²) >= 11 is 0. The highest BCUT2D eigenvalue weighted by Gasteiger charge is 2.13. The second kappa shape index (κ2) is 5.40. The minimum atomic E-state index is -0.476. The van der Waals surface area contributed by atoms with Crippen LogP contribution in [0.15, 0.2) is 22.6 Å². The van der Waals surface area contributed by atoms with Crippen LogP contribution in [-0.2, 0) is 0 Å². The molecule has 0 aliphatic heterocycles. The molecule has 0 fully saturated rings. The Kier molecular flexibility index (Phi) is 3.66. The molecule has 0 amide bonds. The highest BCUT2D eigenvalue weighted by molar-refractivity contribution is 5.77. The SMILES string of the molecule is C#CC(CCC)Nc1nc2ccc([N+](=O)[O-])cc2o1. The van der Waals surface area contributed by atoms with Gasteiger partial charge in [-0.25, -0.2) is 0 Å². The number of nitro groups is 1. The zero-order valence-corrected chi connectivity index (χ0v) is 10.4. The Morgan fingerprint density at radius 3 is 3.05 bits per heavy atom. The number of fused-ring (bicyclic) bond motifs is 1. The molecule has 2 aromatic rings. The quantitative estimate of drug-likeness (QED) is 0.507. The zero-order valence-electron chi connectivity index (χ0n) is 10.4. The van der Waals surface area contributed by atoms with Gasteiger partial charge in [0, 0.05) is 6.07 Å². The van der Waals surface area contributed by atoms with Crippen LogP contribution in [0.1, 0.15) is 19.8 Å². The molecule has 1 unspecified atom stereocenters. The van der Waals surface area contributed by atoms with Crippen LogP contribution in [0.4, 0.5) is 11.7 Å². The van der Waals surface area contributed by atoms with Crippen LogP contribution in [0.25, 0.3) is 11.1 Å². The van der Waals surface area contributed by atoms with Gasteiger partial charge in [-0.05, 0) is 12.5 Å². The summed E-state index contributed by atoms with van der Waals surface area (Å²) in [7, 11) is 0. The lowest BCUT2D eigenvalue weighted by Crippen LogP contribution is -2.16. The highest BCUT2D eigenvalue weighted by atomic mass is 16.6. The Balaban J connectivity index is 2.26. The molecule has 1 atom stereocenters. The van der Waals surface area contributed by atoms with Crippen molar-refractivity contribution < 1.29 is 9.34 Å². The van der Waals surface area contributed by atoms with Gasteiger partial charge < -0.3 is 9.73 Å². The molecule has 2 rings (SSSR count). The summed E-state index contributed by atoms with van der Waals surface area (Å²) in [5.74, 6) is 2.61. The van der Waals surface area contributed by atoms with E-state index in [9.17, 15) is 10.1 Å². The number of oxazole rings is 1. The Morgan fingerprint density at radius 1 is 1.63 bits per heavy atom. The fourth-order valence-electron chi connectivity index (χ4n) is 1.72. The molecular formula is C13H13N3O3. The number of hydrogen-bond donors (Lipinski definition) is 1. The number of nitro benzene ring substituents is 1. The third kappa shape index (κ3) is 2.83. The van der Waals surface area contributed by atoms with Gasteiger partial charge in [-0.3, -0.25) is 10.1 Å². The van der Waals surface area contributed by atoms with Gasteiger partial charge in [-0.15, -0.1) is 6.42 Å². The predicted octanol–water partition coefficient (Wildman–Crippen LogP) is 2.95. The first kappa shape index (κ1) is 12.9. The first-order chi connectivity index (χ1) is 9.13. The Bertz CT molecular complexity index is 642. The minimum Gasteiger partial charge on any atom is -0.423 e. The van der Waals surface area contributed by atoms with E-state index in [1.165, 1.54) is 12.1 Å². The molecule has 98 valence electrons. The summed E-state index contributed by atoms with van der Waals surface area (Å²) in [4.78, 5) is 14.4. The van der Waals surface area contributed by atoms with Crippen molar-refractivity contribution in [2.45, 2.75) is 25.8 Å².